The normalized spacial score (nSPS) is 10.8. The van der Waals surface area contributed by atoms with E-state index in [1.807, 2.05) is 22.9 Å². The van der Waals surface area contributed by atoms with Crippen LogP contribution in [0.25, 0.3) is 11.8 Å². The van der Waals surface area contributed by atoms with E-state index in [0.29, 0.717) is 11.4 Å². The number of amides is 2. The third-order valence-electron chi connectivity index (χ3n) is 3.22. The van der Waals surface area contributed by atoms with Crippen LogP contribution in [0.1, 0.15) is 16.1 Å². The second-order valence-corrected chi connectivity index (χ2v) is 5.69. The number of nitrogens with one attached hydrogen (secondary N) is 1. The number of benzene rings is 1. The Bertz CT molecular complexity index is 897. The van der Waals surface area contributed by atoms with Crippen LogP contribution < -0.4 is 11.1 Å². The summed E-state index contributed by atoms with van der Waals surface area (Å²) in [6.07, 6.45) is 4.83. The monoisotopic (exact) mass is 338 g/mol. The predicted octanol–water partition coefficient (Wildman–Crippen LogP) is 2.68. The number of primary amides is 1. The average Bonchev–Trinajstić information content (AvgIpc) is 3.25. The second-order valence-electron chi connectivity index (χ2n) is 4.91. The van der Waals surface area contributed by atoms with Crippen LogP contribution in [0, 0.1) is 0 Å². The molecule has 0 saturated heterocycles. The van der Waals surface area contributed by atoms with Gasteiger partial charge in [0.15, 0.2) is 0 Å². The third kappa shape index (κ3) is 3.58. The predicted molar refractivity (Wildman–Crippen MR) is 94.1 cm³/mol. The Labute approximate surface area is 142 Å². The number of thiophene rings is 1. The van der Waals surface area contributed by atoms with Crippen molar-refractivity contribution >= 4 is 34.9 Å². The number of nitrogens with two attached hydrogens (primary N) is 1. The molecule has 0 spiro atoms. The van der Waals surface area contributed by atoms with E-state index < -0.39 is 5.91 Å². The molecule has 0 aliphatic heterocycles. The number of rotatable bonds is 5. The third-order valence-corrected chi connectivity index (χ3v) is 3.92. The van der Waals surface area contributed by atoms with E-state index in [-0.39, 0.29) is 11.6 Å². The lowest BCUT2D eigenvalue weighted by Crippen LogP contribution is -2.13. The lowest BCUT2D eigenvalue weighted by atomic mass is 10.2. The molecular weight excluding hydrogens is 324 g/mol. The minimum absolute atomic E-state index is 0.161. The van der Waals surface area contributed by atoms with Gasteiger partial charge in [-0.2, -0.15) is 16.4 Å². The first-order chi connectivity index (χ1) is 11.6. The first-order valence-corrected chi connectivity index (χ1v) is 8.04. The molecule has 0 saturated carbocycles. The number of aromatic nitrogens is 2. The summed E-state index contributed by atoms with van der Waals surface area (Å²) in [5.41, 5.74) is 7.57. The molecule has 1 aromatic carbocycles. The van der Waals surface area contributed by atoms with Crippen LogP contribution in [0.3, 0.4) is 0 Å². The molecule has 0 fully saturated rings. The molecule has 6 nitrogen and oxygen atoms in total. The quantitative estimate of drug-likeness (QED) is 0.701. The minimum atomic E-state index is -0.603. The van der Waals surface area contributed by atoms with Crippen LogP contribution in [-0.4, -0.2) is 21.6 Å². The van der Waals surface area contributed by atoms with Gasteiger partial charge in [-0.1, -0.05) is 12.1 Å². The minimum Gasteiger partial charge on any atom is -0.364 e. The van der Waals surface area contributed by atoms with Crippen LogP contribution in [-0.2, 0) is 4.79 Å². The van der Waals surface area contributed by atoms with Crippen molar-refractivity contribution in [1.29, 1.82) is 0 Å². The number of hydrogen-bond acceptors (Lipinski definition) is 4. The fourth-order valence-electron chi connectivity index (χ4n) is 2.08. The van der Waals surface area contributed by atoms with E-state index in [1.165, 1.54) is 16.8 Å². The molecule has 0 aliphatic rings. The summed E-state index contributed by atoms with van der Waals surface area (Å²) in [5, 5.41) is 10.8. The van der Waals surface area contributed by atoms with Gasteiger partial charge in [-0.3, -0.25) is 9.59 Å². The Morgan fingerprint density at radius 2 is 2.04 bits per heavy atom. The zero-order chi connectivity index (χ0) is 16.9. The van der Waals surface area contributed by atoms with Gasteiger partial charge < -0.3 is 11.1 Å². The van der Waals surface area contributed by atoms with Crippen LogP contribution >= 0.6 is 11.3 Å². The maximum absolute atomic E-state index is 12.1. The molecule has 0 atom stereocenters. The Hall–Kier alpha value is -3.19. The number of hydrogen-bond donors (Lipinski definition) is 2. The number of carbonyl (C=O) groups excluding carboxylic acids is 2. The van der Waals surface area contributed by atoms with Crippen molar-refractivity contribution in [2.75, 3.05) is 5.32 Å². The molecule has 7 heteroatoms. The molecule has 0 aliphatic carbocycles. The maximum Gasteiger partial charge on any atom is 0.269 e. The highest BCUT2D eigenvalue weighted by Crippen LogP contribution is 2.19. The largest absolute Gasteiger partial charge is 0.364 e. The van der Waals surface area contributed by atoms with Crippen LogP contribution in [0.15, 0.2) is 59.4 Å². The van der Waals surface area contributed by atoms with Gasteiger partial charge in [0.25, 0.3) is 5.91 Å². The summed E-state index contributed by atoms with van der Waals surface area (Å²) in [5.74, 6) is -0.857. The van der Waals surface area contributed by atoms with Gasteiger partial charge >= 0.3 is 0 Å². The van der Waals surface area contributed by atoms with Crippen molar-refractivity contribution in [2.45, 2.75) is 0 Å². The van der Waals surface area contributed by atoms with Crippen molar-refractivity contribution in [3.8, 4) is 5.69 Å². The van der Waals surface area contributed by atoms with Crippen molar-refractivity contribution in [2.24, 2.45) is 5.73 Å². The number of anilines is 1. The average molecular weight is 338 g/mol. The van der Waals surface area contributed by atoms with Gasteiger partial charge in [-0.15, -0.1) is 0 Å². The molecule has 3 rings (SSSR count). The molecule has 3 N–H and O–H groups in total. The van der Waals surface area contributed by atoms with E-state index in [1.54, 1.807) is 41.8 Å². The molecule has 2 amide bonds. The zero-order valence-electron chi connectivity index (χ0n) is 12.5. The topological polar surface area (TPSA) is 90.0 Å². The zero-order valence-corrected chi connectivity index (χ0v) is 13.4. The fourth-order valence-corrected chi connectivity index (χ4v) is 2.71. The van der Waals surface area contributed by atoms with Gasteiger partial charge in [0.05, 0.1) is 11.4 Å². The van der Waals surface area contributed by atoms with Crippen LogP contribution in [0.4, 0.5) is 5.69 Å². The van der Waals surface area contributed by atoms with Gasteiger partial charge in [0.2, 0.25) is 5.91 Å². The highest BCUT2D eigenvalue weighted by molar-refractivity contribution is 7.08. The molecule has 120 valence electrons. The summed E-state index contributed by atoms with van der Waals surface area (Å²) in [7, 11) is 0. The maximum atomic E-state index is 12.1. The summed E-state index contributed by atoms with van der Waals surface area (Å²) < 4.78 is 1.50. The highest BCUT2D eigenvalue weighted by Gasteiger charge is 2.10. The van der Waals surface area contributed by atoms with Crippen molar-refractivity contribution in [1.82, 2.24) is 9.78 Å². The second kappa shape index (κ2) is 6.93. The van der Waals surface area contributed by atoms with Crippen molar-refractivity contribution < 1.29 is 9.59 Å². The van der Waals surface area contributed by atoms with Gasteiger partial charge in [0, 0.05) is 12.3 Å². The van der Waals surface area contributed by atoms with E-state index in [4.69, 9.17) is 5.73 Å². The first kappa shape index (κ1) is 15.7. The molecular formula is C17H14N4O2S. The van der Waals surface area contributed by atoms with Crippen molar-refractivity contribution in [3.05, 3.63) is 70.7 Å². The number of nitrogens with zero attached hydrogens (tertiary/aromatic N) is 2. The van der Waals surface area contributed by atoms with E-state index in [9.17, 15) is 9.59 Å². The molecule has 0 unspecified atom stereocenters. The summed E-state index contributed by atoms with van der Waals surface area (Å²) in [4.78, 5) is 23.3. The fraction of sp³-hybridized carbons (Fsp3) is 0. The van der Waals surface area contributed by atoms with E-state index >= 15 is 0 Å². The van der Waals surface area contributed by atoms with Gasteiger partial charge in [-0.05, 0) is 46.7 Å². The molecule has 2 heterocycles. The summed E-state index contributed by atoms with van der Waals surface area (Å²) in [6.45, 7) is 0. The molecule has 2 aromatic heterocycles. The molecule has 0 bridgehead atoms. The molecule has 3 aromatic rings. The Balaban J connectivity index is 1.81. The molecule has 0 radical (unpaired) electrons. The van der Waals surface area contributed by atoms with Crippen molar-refractivity contribution in [3.63, 3.8) is 0 Å². The SMILES string of the molecule is NC(=O)c1ccn(-c2ccccc2NC(=O)C=Cc2ccsc2)n1. The summed E-state index contributed by atoms with van der Waals surface area (Å²) in [6, 6.07) is 10.6. The van der Waals surface area contributed by atoms with Crippen LogP contribution in [0.2, 0.25) is 0 Å². The first-order valence-electron chi connectivity index (χ1n) is 7.09. The smallest absolute Gasteiger partial charge is 0.269 e. The highest BCUT2D eigenvalue weighted by atomic mass is 32.1. The summed E-state index contributed by atoms with van der Waals surface area (Å²) >= 11 is 1.57. The van der Waals surface area contributed by atoms with E-state index in [0.717, 1.165) is 5.56 Å². The number of para-hydroxylation sites is 2. The van der Waals surface area contributed by atoms with Crippen LogP contribution in [0.5, 0.6) is 0 Å². The number of carbonyl (C=O) groups is 2. The Morgan fingerprint density at radius 1 is 1.21 bits per heavy atom. The Morgan fingerprint density at radius 3 is 2.75 bits per heavy atom. The molecule has 24 heavy (non-hydrogen) atoms. The van der Waals surface area contributed by atoms with E-state index in [2.05, 4.69) is 10.4 Å². The lowest BCUT2D eigenvalue weighted by Gasteiger charge is -2.09. The van der Waals surface area contributed by atoms with Gasteiger partial charge in [-0.25, -0.2) is 4.68 Å². The Kier molecular flexibility index (Phi) is 4.53. The van der Waals surface area contributed by atoms with Gasteiger partial charge in [0.1, 0.15) is 5.69 Å². The standard InChI is InChI=1S/C17H14N4O2S/c18-17(23)14-7-9-21(20-14)15-4-2-1-3-13(15)19-16(22)6-5-12-8-10-24-11-12/h1-11H,(H2,18,23)(H,19,22). The lowest BCUT2D eigenvalue weighted by molar-refractivity contribution is -0.111.